The van der Waals surface area contributed by atoms with Gasteiger partial charge >= 0.3 is 0 Å². The summed E-state index contributed by atoms with van der Waals surface area (Å²) in [6.45, 7) is 0. The number of nitrogens with zero attached hydrogens (tertiary/aromatic N) is 2. The molecule has 0 fully saturated rings. The van der Waals surface area contributed by atoms with Crippen molar-refractivity contribution >= 4 is 22.3 Å². The van der Waals surface area contributed by atoms with Crippen LogP contribution in [0.5, 0.6) is 0 Å². The van der Waals surface area contributed by atoms with Crippen molar-refractivity contribution in [2.45, 2.75) is 4.21 Å². The zero-order chi connectivity index (χ0) is 9.97. The molecule has 1 heterocycles. The van der Waals surface area contributed by atoms with Gasteiger partial charge in [0.15, 0.2) is 0 Å². The molecule has 2 rings (SSSR count). The number of rotatable bonds is 2. The van der Waals surface area contributed by atoms with Crippen molar-refractivity contribution in [2.75, 3.05) is 6.26 Å². The molecule has 0 bridgehead atoms. The molecule has 0 aliphatic carbocycles. The fourth-order valence-corrected chi connectivity index (χ4v) is 2.54. The van der Waals surface area contributed by atoms with Crippen LogP contribution in [0, 0.1) is 0 Å². The van der Waals surface area contributed by atoms with Crippen molar-refractivity contribution in [3.05, 3.63) is 30.3 Å². The van der Waals surface area contributed by atoms with Crippen LogP contribution in [-0.2, 0) is 10.8 Å². The minimum Gasteiger partial charge on any atom is -0.254 e. The summed E-state index contributed by atoms with van der Waals surface area (Å²) in [5.74, 6) is 0. The van der Waals surface area contributed by atoms with Crippen LogP contribution in [0.4, 0.5) is 0 Å². The van der Waals surface area contributed by atoms with Gasteiger partial charge in [-0.05, 0) is 11.5 Å². The maximum Gasteiger partial charge on any atom is 0.140 e. The van der Waals surface area contributed by atoms with Crippen molar-refractivity contribution in [3.8, 4) is 11.3 Å². The van der Waals surface area contributed by atoms with Crippen LogP contribution >= 0.6 is 11.5 Å². The minimum atomic E-state index is -1.02. The Kier molecular flexibility index (Phi) is 2.69. The first-order valence-electron chi connectivity index (χ1n) is 4.00. The minimum absolute atomic E-state index is 0.733. The normalized spacial score (nSPS) is 12.6. The Morgan fingerprint density at radius 1 is 1.29 bits per heavy atom. The Balaban J connectivity index is 2.52. The van der Waals surface area contributed by atoms with Gasteiger partial charge in [0, 0.05) is 11.8 Å². The molecule has 0 aliphatic heterocycles. The van der Waals surface area contributed by atoms with Crippen LogP contribution in [-0.4, -0.2) is 20.1 Å². The lowest BCUT2D eigenvalue weighted by Crippen LogP contribution is -1.87. The van der Waals surface area contributed by atoms with E-state index < -0.39 is 10.8 Å². The molecule has 1 aromatic heterocycles. The number of hydrogen-bond donors (Lipinski definition) is 0. The van der Waals surface area contributed by atoms with Crippen LogP contribution in [0.1, 0.15) is 0 Å². The van der Waals surface area contributed by atoms with Crippen LogP contribution < -0.4 is 0 Å². The van der Waals surface area contributed by atoms with Crippen molar-refractivity contribution < 1.29 is 4.21 Å². The van der Waals surface area contributed by atoms with E-state index in [1.807, 2.05) is 30.3 Å². The summed E-state index contributed by atoms with van der Waals surface area (Å²) in [7, 11) is -1.02. The summed E-state index contributed by atoms with van der Waals surface area (Å²) in [6, 6.07) is 9.67. The summed E-state index contributed by atoms with van der Waals surface area (Å²) < 4.78 is 15.9. The van der Waals surface area contributed by atoms with Gasteiger partial charge in [-0.3, -0.25) is 4.21 Å². The molecular weight excluding hydrogens is 216 g/mol. The summed E-state index contributed by atoms with van der Waals surface area (Å²) in [6.07, 6.45) is 1.64. The first kappa shape index (κ1) is 9.48. The predicted molar refractivity (Wildman–Crippen MR) is 57.7 cm³/mol. The molecule has 14 heavy (non-hydrogen) atoms. The van der Waals surface area contributed by atoms with E-state index in [-0.39, 0.29) is 0 Å². The third kappa shape index (κ3) is 1.73. The third-order valence-electron chi connectivity index (χ3n) is 1.77. The second-order valence-electron chi connectivity index (χ2n) is 2.73. The molecule has 0 saturated heterocycles. The fraction of sp³-hybridized carbons (Fsp3) is 0.111. The molecule has 3 nitrogen and oxygen atoms in total. The first-order valence-corrected chi connectivity index (χ1v) is 6.33. The van der Waals surface area contributed by atoms with Crippen LogP contribution in [0.25, 0.3) is 11.3 Å². The van der Waals surface area contributed by atoms with E-state index >= 15 is 0 Å². The van der Waals surface area contributed by atoms with Crippen molar-refractivity contribution in [1.29, 1.82) is 0 Å². The molecular formula is C9H8N2OS2. The van der Waals surface area contributed by atoms with Gasteiger partial charge in [-0.15, -0.1) is 5.10 Å². The molecule has 72 valence electrons. The maximum absolute atomic E-state index is 11.3. The highest BCUT2D eigenvalue weighted by atomic mass is 32.2. The quantitative estimate of drug-likeness (QED) is 0.783. The monoisotopic (exact) mass is 224 g/mol. The largest absolute Gasteiger partial charge is 0.254 e. The maximum atomic E-state index is 11.3. The van der Waals surface area contributed by atoms with E-state index in [4.69, 9.17) is 0 Å². The van der Waals surface area contributed by atoms with Gasteiger partial charge in [0.05, 0.1) is 10.8 Å². The topological polar surface area (TPSA) is 42.9 Å². The molecule has 5 heteroatoms. The molecule has 0 aliphatic rings. The average Bonchev–Trinajstić information content (AvgIpc) is 2.67. The smallest absolute Gasteiger partial charge is 0.140 e. The highest BCUT2D eigenvalue weighted by Gasteiger charge is 2.12. The summed E-state index contributed by atoms with van der Waals surface area (Å²) in [5.41, 5.74) is 1.70. The molecule has 0 N–H and O–H groups in total. The van der Waals surface area contributed by atoms with Crippen molar-refractivity contribution in [1.82, 2.24) is 9.59 Å². The van der Waals surface area contributed by atoms with Crippen LogP contribution in [0.2, 0.25) is 0 Å². The highest BCUT2D eigenvalue weighted by molar-refractivity contribution is 7.86. The Labute approximate surface area is 88.4 Å². The van der Waals surface area contributed by atoms with Gasteiger partial charge < -0.3 is 0 Å². The summed E-state index contributed by atoms with van der Waals surface area (Å²) in [4.78, 5) is 0. The zero-order valence-corrected chi connectivity index (χ0v) is 9.14. The Morgan fingerprint density at radius 3 is 2.64 bits per heavy atom. The van der Waals surface area contributed by atoms with Gasteiger partial charge in [0.25, 0.3) is 0 Å². The van der Waals surface area contributed by atoms with E-state index in [1.165, 1.54) is 11.5 Å². The molecule has 0 saturated carbocycles. The second-order valence-corrected chi connectivity index (χ2v) is 5.06. The molecule has 0 amide bonds. The van der Waals surface area contributed by atoms with Gasteiger partial charge in [-0.25, -0.2) is 0 Å². The number of aromatic nitrogens is 2. The second kappa shape index (κ2) is 3.98. The van der Waals surface area contributed by atoms with E-state index in [2.05, 4.69) is 9.59 Å². The van der Waals surface area contributed by atoms with Gasteiger partial charge in [-0.1, -0.05) is 34.8 Å². The molecule has 0 spiro atoms. The van der Waals surface area contributed by atoms with Crippen LogP contribution in [0.15, 0.2) is 34.5 Å². The SMILES string of the molecule is C[S@@](=O)c1snnc1-c1ccccc1. The number of hydrogen-bond acceptors (Lipinski definition) is 4. The van der Waals surface area contributed by atoms with E-state index in [0.29, 0.717) is 0 Å². The summed E-state index contributed by atoms with van der Waals surface area (Å²) in [5, 5.41) is 3.98. The molecule has 0 radical (unpaired) electrons. The Morgan fingerprint density at radius 2 is 2.00 bits per heavy atom. The fourth-order valence-electron chi connectivity index (χ4n) is 1.14. The van der Waals surface area contributed by atoms with Gasteiger partial charge in [0.1, 0.15) is 9.90 Å². The van der Waals surface area contributed by atoms with E-state index in [0.717, 1.165) is 15.5 Å². The summed E-state index contributed by atoms with van der Waals surface area (Å²) >= 11 is 1.19. The van der Waals surface area contributed by atoms with E-state index in [9.17, 15) is 4.21 Å². The van der Waals surface area contributed by atoms with E-state index in [1.54, 1.807) is 6.26 Å². The predicted octanol–water partition coefficient (Wildman–Crippen LogP) is 1.94. The van der Waals surface area contributed by atoms with Crippen molar-refractivity contribution in [2.24, 2.45) is 0 Å². The lowest BCUT2D eigenvalue weighted by Gasteiger charge is -1.96. The Hall–Kier alpha value is -1.07. The van der Waals surface area contributed by atoms with Crippen molar-refractivity contribution in [3.63, 3.8) is 0 Å². The molecule has 1 atom stereocenters. The lowest BCUT2D eigenvalue weighted by atomic mass is 10.2. The van der Waals surface area contributed by atoms with Crippen LogP contribution in [0.3, 0.4) is 0 Å². The third-order valence-corrected chi connectivity index (χ3v) is 3.93. The molecule has 1 aromatic carbocycles. The zero-order valence-electron chi connectivity index (χ0n) is 7.51. The highest BCUT2D eigenvalue weighted by Crippen LogP contribution is 2.25. The number of benzene rings is 1. The van der Waals surface area contributed by atoms with Gasteiger partial charge in [0.2, 0.25) is 0 Å². The average molecular weight is 224 g/mol. The van der Waals surface area contributed by atoms with Gasteiger partial charge in [-0.2, -0.15) is 0 Å². The molecule has 2 aromatic rings. The standard InChI is InChI=1S/C9H8N2OS2/c1-14(12)9-8(10-11-13-9)7-5-3-2-4-6-7/h2-6H,1H3/t14-/m1/s1. The molecule has 0 unspecified atom stereocenters. The lowest BCUT2D eigenvalue weighted by molar-refractivity contribution is 0.688. The first-order chi connectivity index (χ1) is 6.79. The Bertz CT molecular complexity index is 453.